The van der Waals surface area contributed by atoms with Gasteiger partial charge in [0.2, 0.25) is 5.95 Å². The van der Waals surface area contributed by atoms with Crippen molar-refractivity contribution < 1.29 is 4.39 Å². The third-order valence-corrected chi connectivity index (χ3v) is 2.42. The SMILES string of the molecule is Cc1cc(CCl)nc(Nc2ccc(F)cc2)n1. The van der Waals surface area contributed by atoms with Gasteiger partial charge in [-0.1, -0.05) is 0 Å². The smallest absolute Gasteiger partial charge is 0.227 e. The van der Waals surface area contributed by atoms with Gasteiger partial charge < -0.3 is 5.32 Å². The van der Waals surface area contributed by atoms with Gasteiger partial charge in [0.25, 0.3) is 0 Å². The molecule has 0 aliphatic heterocycles. The molecule has 3 nitrogen and oxygen atoms in total. The maximum Gasteiger partial charge on any atom is 0.227 e. The van der Waals surface area contributed by atoms with Crippen LogP contribution in [0.3, 0.4) is 0 Å². The molecule has 0 fully saturated rings. The Bertz CT molecular complexity index is 514. The summed E-state index contributed by atoms with van der Waals surface area (Å²) in [4.78, 5) is 8.45. The number of benzene rings is 1. The molecule has 88 valence electrons. The van der Waals surface area contributed by atoms with Crippen molar-refractivity contribution in [1.29, 1.82) is 0 Å². The molecule has 5 heteroatoms. The van der Waals surface area contributed by atoms with Gasteiger partial charge in [-0.25, -0.2) is 14.4 Å². The number of alkyl halides is 1. The molecule has 17 heavy (non-hydrogen) atoms. The molecule has 0 amide bonds. The zero-order valence-corrected chi connectivity index (χ0v) is 10.0. The molecule has 0 saturated carbocycles. The Balaban J connectivity index is 2.23. The van der Waals surface area contributed by atoms with E-state index < -0.39 is 0 Å². The first-order chi connectivity index (χ1) is 8.17. The molecule has 0 radical (unpaired) electrons. The number of nitrogens with zero attached hydrogens (tertiary/aromatic N) is 2. The predicted molar refractivity (Wildman–Crippen MR) is 66.0 cm³/mol. The molecule has 1 aromatic carbocycles. The van der Waals surface area contributed by atoms with Crippen LogP contribution >= 0.6 is 11.6 Å². The zero-order valence-electron chi connectivity index (χ0n) is 9.24. The quantitative estimate of drug-likeness (QED) is 0.850. The van der Waals surface area contributed by atoms with Crippen LogP contribution in [0, 0.1) is 12.7 Å². The van der Waals surface area contributed by atoms with Gasteiger partial charge in [-0.05, 0) is 37.3 Å². The van der Waals surface area contributed by atoms with E-state index in [0.29, 0.717) is 11.8 Å². The molecule has 0 atom stereocenters. The summed E-state index contributed by atoms with van der Waals surface area (Å²) in [7, 11) is 0. The van der Waals surface area contributed by atoms with Gasteiger partial charge in [0.05, 0.1) is 11.6 Å². The topological polar surface area (TPSA) is 37.8 Å². The monoisotopic (exact) mass is 251 g/mol. The van der Waals surface area contributed by atoms with E-state index in [4.69, 9.17) is 11.6 Å². The van der Waals surface area contributed by atoms with Crippen molar-refractivity contribution in [2.45, 2.75) is 12.8 Å². The minimum absolute atomic E-state index is 0.276. The Morgan fingerprint density at radius 1 is 1.24 bits per heavy atom. The summed E-state index contributed by atoms with van der Waals surface area (Å²) in [5.74, 6) is 0.524. The number of rotatable bonds is 3. The number of hydrogen-bond donors (Lipinski definition) is 1. The summed E-state index contributed by atoms with van der Waals surface area (Å²) in [6.45, 7) is 1.87. The number of halogens is 2. The Morgan fingerprint density at radius 2 is 1.94 bits per heavy atom. The van der Waals surface area contributed by atoms with Gasteiger partial charge in [0.15, 0.2) is 0 Å². The van der Waals surface area contributed by atoms with E-state index in [9.17, 15) is 4.39 Å². The standard InChI is InChI=1S/C12H11ClFN3/c1-8-6-11(7-13)17-12(15-8)16-10-4-2-9(14)3-5-10/h2-6H,7H2,1H3,(H,15,16,17). The fourth-order valence-corrected chi connectivity index (χ4v) is 1.56. The van der Waals surface area contributed by atoms with E-state index in [1.54, 1.807) is 12.1 Å². The first-order valence-electron chi connectivity index (χ1n) is 5.10. The molecule has 1 aromatic heterocycles. The molecule has 1 N–H and O–H groups in total. The number of anilines is 2. The van der Waals surface area contributed by atoms with Gasteiger partial charge in [-0.3, -0.25) is 0 Å². The minimum Gasteiger partial charge on any atom is -0.324 e. The summed E-state index contributed by atoms with van der Waals surface area (Å²) >= 11 is 5.73. The normalized spacial score (nSPS) is 10.3. The predicted octanol–water partition coefficient (Wildman–Crippen LogP) is 3.41. The zero-order chi connectivity index (χ0) is 12.3. The largest absolute Gasteiger partial charge is 0.324 e. The molecule has 2 aromatic rings. The fraction of sp³-hybridized carbons (Fsp3) is 0.167. The second-order valence-corrected chi connectivity index (χ2v) is 3.86. The van der Waals surface area contributed by atoms with Gasteiger partial charge in [0, 0.05) is 11.4 Å². The number of aromatic nitrogens is 2. The van der Waals surface area contributed by atoms with Crippen LogP contribution in [-0.2, 0) is 5.88 Å². The van der Waals surface area contributed by atoms with Gasteiger partial charge >= 0.3 is 0 Å². The highest BCUT2D eigenvalue weighted by Gasteiger charge is 2.02. The van der Waals surface area contributed by atoms with E-state index in [2.05, 4.69) is 15.3 Å². The van der Waals surface area contributed by atoms with E-state index in [0.717, 1.165) is 17.1 Å². The summed E-state index contributed by atoms with van der Waals surface area (Å²) in [5, 5.41) is 3.00. The molecule has 0 aliphatic carbocycles. The first-order valence-corrected chi connectivity index (χ1v) is 5.64. The van der Waals surface area contributed by atoms with Crippen LogP contribution in [0.4, 0.5) is 16.0 Å². The lowest BCUT2D eigenvalue weighted by Gasteiger charge is -2.06. The molecule has 1 heterocycles. The molecular weight excluding hydrogens is 241 g/mol. The molecule has 0 saturated heterocycles. The molecule has 0 aliphatic rings. The summed E-state index contributed by atoms with van der Waals surface area (Å²) < 4.78 is 12.7. The summed E-state index contributed by atoms with van der Waals surface area (Å²) in [6, 6.07) is 7.83. The first kappa shape index (κ1) is 11.8. The van der Waals surface area contributed by atoms with Crippen molar-refractivity contribution in [2.75, 3.05) is 5.32 Å². The van der Waals surface area contributed by atoms with Gasteiger partial charge in [-0.2, -0.15) is 0 Å². The van der Waals surface area contributed by atoms with Gasteiger partial charge in [-0.15, -0.1) is 11.6 Å². The van der Waals surface area contributed by atoms with Gasteiger partial charge in [0.1, 0.15) is 5.82 Å². The van der Waals surface area contributed by atoms with Crippen molar-refractivity contribution in [1.82, 2.24) is 9.97 Å². The van der Waals surface area contributed by atoms with Crippen LogP contribution in [0.15, 0.2) is 30.3 Å². The lowest BCUT2D eigenvalue weighted by atomic mass is 10.3. The lowest BCUT2D eigenvalue weighted by Crippen LogP contribution is -2.01. The molecular formula is C12H11ClFN3. The van der Waals surface area contributed by atoms with Crippen LogP contribution in [0.5, 0.6) is 0 Å². The highest BCUT2D eigenvalue weighted by molar-refractivity contribution is 6.16. The third-order valence-electron chi connectivity index (χ3n) is 2.14. The van der Waals surface area contributed by atoms with E-state index in [-0.39, 0.29) is 5.82 Å². The number of nitrogens with one attached hydrogen (secondary N) is 1. The highest BCUT2D eigenvalue weighted by Crippen LogP contribution is 2.14. The lowest BCUT2D eigenvalue weighted by molar-refractivity contribution is 0.628. The molecule has 0 spiro atoms. The van der Waals surface area contributed by atoms with Crippen LogP contribution < -0.4 is 5.32 Å². The van der Waals surface area contributed by atoms with E-state index in [1.165, 1.54) is 12.1 Å². The summed E-state index contributed by atoms with van der Waals surface area (Å²) in [6.07, 6.45) is 0. The van der Waals surface area contributed by atoms with Crippen molar-refractivity contribution in [3.8, 4) is 0 Å². The second kappa shape index (κ2) is 5.10. The minimum atomic E-state index is -0.276. The average molecular weight is 252 g/mol. The average Bonchev–Trinajstić information content (AvgIpc) is 2.31. The Morgan fingerprint density at radius 3 is 2.59 bits per heavy atom. The van der Waals surface area contributed by atoms with Crippen molar-refractivity contribution >= 4 is 23.2 Å². The molecule has 0 bridgehead atoms. The summed E-state index contributed by atoms with van der Waals surface area (Å²) in [5.41, 5.74) is 2.32. The van der Waals surface area contributed by atoms with Crippen LogP contribution in [0.2, 0.25) is 0 Å². The number of aryl methyl sites for hydroxylation is 1. The maximum atomic E-state index is 12.7. The van der Waals surface area contributed by atoms with Crippen molar-refractivity contribution in [3.05, 3.63) is 47.5 Å². The Labute approximate surface area is 104 Å². The van der Waals surface area contributed by atoms with Crippen LogP contribution in [-0.4, -0.2) is 9.97 Å². The maximum absolute atomic E-state index is 12.7. The fourth-order valence-electron chi connectivity index (χ4n) is 1.42. The number of hydrogen-bond acceptors (Lipinski definition) is 3. The van der Waals surface area contributed by atoms with Crippen molar-refractivity contribution in [2.24, 2.45) is 0 Å². The Hall–Kier alpha value is -1.68. The highest BCUT2D eigenvalue weighted by atomic mass is 35.5. The van der Waals surface area contributed by atoms with Crippen LogP contribution in [0.25, 0.3) is 0 Å². The van der Waals surface area contributed by atoms with E-state index >= 15 is 0 Å². The van der Waals surface area contributed by atoms with Crippen LogP contribution in [0.1, 0.15) is 11.4 Å². The molecule has 2 rings (SSSR count). The third kappa shape index (κ3) is 3.14. The molecule has 0 unspecified atom stereocenters. The van der Waals surface area contributed by atoms with E-state index in [1.807, 2.05) is 13.0 Å². The van der Waals surface area contributed by atoms with Crippen molar-refractivity contribution in [3.63, 3.8) is 0 Å². The Kier molecular flexibility index (Phi) is 3.54. The second-order valence-electron chi connectivity index (χ2n) is 3.59.